The number of aliphatic hydroxyl groups excluding tert-OH is 1. The highest BCUT2D eigenvalue weighted by Crippen LogP contribution is 2.42. The van der Waals surface area contributed by atoms with E-state index in [-0.39, 0.29) is 23.8 Å². The first kappa shape index (κ1) is 22.7. The number of benzene rings is 1. The highest BCUT2D eigenvalue weighted by Gasteiger charge is 2.46. The van der Waals surface area contributed by atoms with E-state index in [1.807, 2.05) is 50.4 Å². The molecule has 7 heteroatoms. The molecule has 0 saturated carbocycles. The molecule has 1 N–H and O–H groups in total. The maximum Gasteiger partial charge on any atom is 0.295 e. The summed E-state index contributed by atoms with van der Waals surface area (Å²) < 4.78 is 5.52. The van der Waals surface area contributed by atoms with Gasteiger partial charge in [0.2, 0.25) is 0 Å². The van der Waals surface area contributed by atoms with Crippen LogP contribution in [0, 0.1) is 6.92 Å². The second-order valence-electron chi connectivity index (χ2n) is 8.35. The predicted molar refractivity (Wildman–Crippen MR) is 128 cm³/mol. The number of ether oxygens (including phenoxy) is 1. The Hall–Kier alpha value is -3.45. The van der Waals surface area contributed by atoms with Crippen molar-refractivity contribution in [1.29, 1.82) is 0 Å². The largest absolute Gasteiger partial charge is 0.507 e. The van der Waals surface area contributed by atoms with Crippen LogP contribution in [0.3, 0.4) is 0 Å². The number of aryl methyl sites for hydroxylation is 1. The van der Waals surface area contributed by atoms with Crippen LogP contribution in [0.4, 0.5) is 0 Å². The number of nitrogens with zero attached hydrogens (tertiary/aromatic N) is 2. The molecule has 4 rings (SSSR count). The van der Waals surface area contributed by atoms with Crippen molar-refractivity contribution in [3.05, 3.63) is 86.9 Å². The summed E-state index contributed by atoms with van der Waals surface area (Å²) in [6.07, 6.45) is 3.24. The standard InChI is InChI=1S/C26H26N2O4S/c1-15(2)19-13-20(16(3)12-21(19)32-4)24(29)22-23(17-7-9-27-10-8-17)28(26(31)25(22)30)14-18-6-5-11-33-18/h5-13,15,23,29H,14H2,1-4H3/b24-22+. The van der Waals surface area contributed by atoms with E-state index in [4.69, 9.17) is 4.74 Å². The van der Waals surface area contributed by atoms with Gasteiger partial charge in [-0.1, -0.05) is 19.9 Å². The van der Waals surface area contributed by atoms with Crippen molar-refractivity contribution in [1.82, 2.24) is 9.88 Å². The first-order valence-corrected chi connectivity index (χ1v) is 11.6. The molecule has 0 bridgehead atoms. The average molecular weight is 463 g/mol. The molecule has 1 fully saturated rings. The van der Waals surface area contributed by atoms with E-state index in [9.17, 15) is 14.7 Å². The topological polar surface area (TPSA) is 79.7 Å². The number of rotatable bonds is 6. The van der Waals surface area contributed by atoms with Gasteiger partial charge in [0, 0.05) is 22.8 Å². The van der Waals surface area contributed by atoms with Crippen molar-refractivity contribution in [2.24, 2.45) is 0 Å². The molecule has 1 aromatic carbocycles. The normalized spacial score (nSPS) is 17.7. The lowest BCUT2D eigenvalue weighted by atomic mass is 9.91. The van der Waals surface area contributed by atoms with Gasteiger partial charge >= 0.3 is 0 Å². The minimum atomic E-state index is -0.709. The minimum Gasteiger partial charge on any atom is -0.507 e. The van der Waals surface area contributed by atoms with Crippen LogP contribution in [0.25, 0.3) is 5.76 Å². The predicted octanol–water partition coefficient (Wildman–Crippen LogP) is 5.21. The van der Waals surface area contributed by atoms with Crippen LogP contribution >= 0.6 is 11.3 Å². The molecule has 0 spiro atoms. The Morgan fingerprint density at radius 2 is 1.94 bits per heavy atom. The molecular formula is C26H26N2O4S. The van der Waals surface area contributed by atoms with Crippen molar-refractivity contribution < 1.29 is 19.4 Å². The van der Waals surface area contributed by atoms with Gasteiger partial charge in [-0.15, -0.1) is 11.3 Å². The molecular weight excluding hydrogens is 436 g/mol. The Kier molecular flexibility index (Phi) is 6.33. The number of pyridine rings is 1. The molecule has 3 aromatic rings. The monoisotopic (exact) mass is 462 g/mol. The average Bonchev–Trinajstić information content (AvgIpc) is 3.41. The van der Waals surface area contributed by atoms with Crippen LogP contribution < -0.4 is 4.74 Å². The van der Waals surface area contributed by atoms with E-state index in [2.05, 4.69) is 4.98 Å². The number of hydrogen-bond acceptors (Lipinski definition) is 6. The molecule has 1 aliphatic heterocycles. The number of amides is 1. The molecule has 1 saturated heterocycles. The molecule has 0 radical (unpaired) electrons. The molecule has 1 unspecified atom stereocenters. The van der Waals surface area contributed by atoms with Crippen LogP contribution in [-0.2, 0) is 16.1 Å². The van der Waals surface area contributed by atoms with Crippen molar-refractivity contribution in [3.8, 4) is 5.75 Å². The third-order valence-electron chi connectivity index (χ3n) is 5.92. The lowest BCUT2D eigenvalue weighted by molar-refractivity contribution is -0.140. The maximum absolute atomic E-state index is 13.2. The van der Waals surface area contributed by atoms with Gasteiger partial charge in [0.05, 0.1) is 25.3 Å². The summed E-state index contributed by atoms with van der Waals surface area (Å²) in [5, 5.41) is 13.4. The first-order chi connectivity index (χ1) is 15.8. The van der Waals surface area contributed by atoms with Crippen molar-refractivity contribution in [3.63, 3.8) is 0 Å². The number of hydrogen-bond donors (Lipinski definition) is 1. The SMILES string of the molecule is COc1cc(C)c(/C(O)=C2\C(=O)C(=O)N(Cc3cccs3)C2c2ccncc2)cc1C(C)C. The van der Waals surface area contributed by atoms with E-state index in [1.165, 1.54) is 16.2 Å². The van der Waals surface area contributed by atoms with Crippen LogP contribution in [0.2, 0.25) is 0 Å². The minimum absolute atomic E-state index is 0.0886. The van der Waals surface area contributed by atoms with Gasteiger partial charge in [0.1, 0.15) is 11.5 Å². The molecule has 1 amide bonds. The summed E-state index contributed by atoms with van der Waals surface area (Å²) in [6, 6.07) is 10.4. The van der Waals surface area contributed by atoms with E-state index in [0.29, 0.717) is 5.56 Å². The molecule has 33 heavy (non-hydrogen) atoms. The van der Waals surface area contributed by atoms with Crippen molar-refractivity contribution >= 4 is 28.8 Å². The summed E-state index contributed by atoms with van der Waals surface area (Å²) in [7, 11) is 1.61. The number of ketones is 1. The molecule has 170 valence electrons. The fourth-order valence-corrected chi connectivity index (χ4v) is 4.93. The zero-order valence-electron chi connectivity index (χ0n) is 19.0. The molecule has 6 nitrogen and oxygen atoms in total. The number of Topliss-reactive ketones (excluding diaryl/α,β-unsaturated/α-hetero) is 1. The van der Waals surface area contributed by atoms with Gasteiger partial charge in [-0.05, 0) is 65.2 Å². The smallest absolute Gasteiger partial charge is 0.295 e. The van der Waals surface area contributed by atoms with Crippen LogP contribution in [-0.4, -0.2) is 33.8 Å². The lowest BCUT2D eigenvalue weighted by Crippen LogP contribution is -2.28. The second-order valence-corrected chi connectivity index (χ2v) is 9.38. The fourth-order valence-electron chi connectivity index (χ4n) is 4.23. The summed E-state index contributed by atoms with van der Waals surface area (Å²) in [5.41, 5.74) is 3.00. The zero-order chi connectivity index (χ0) is 23.7. The highest BCUT2D eigenvalue weighted by atomic mass is 32.1. The van der Waals surface area contributed by atoms with Gasteiger partial charge in [0.15, 0.2) is 0 Å². The molecule has 2 aromatic heterocycles. The summed E-state index contributed by atoms with van der Waals surface area (Å²) in [6.45, 7) is 6.21. The third kappa shape index (κ3) is 4.16. The fraction of sp³-hybridized carbons (Fsp3) is 0.269. The highest BCUT2D eigenvalue weighted by molar-refractivity contribution is 7.09. The Morgan fingerprint density at radius 1 is 1.21 bits per heavy atom. The number of aromatic nitrogens is 1. The summed E-state index contributed by atoms with van der Waals surface area (Å²) >= 11 is 1.52. The van der Waals surface area contributed by atoms with Gasteiger partial charge < -0.3 is 14.7 Å². The molecule has 0 aliphatic carbocycles. The van der Waals surface area contributed by atoms with Crippen LogP contribution in [0.15, 0.2) is 59.7 Å². The molecule has 3 heterocycles. The zero-order valence-corrected chi connectivity index (χ0v) is 19.8. The number of methoxy groups -OCH3 is 1. The van der Waals surface area contributed by atoms with Crippen LogP contribution in [0.1, 0.15) is 52.9 Å². The Labute approximate surface area is 197 Å². The Morgan fingerprint density at radius 3 is 2.55 bits per heavy atom. The van der Waals surface area contributed by atoms with E-state index in [1.54, 1.807) is 31.6 Å². The number of aliphatic hydroxyl groups is 1. The van der Waals surface area contributed by atoms with Crippen molar-refractivity contribution in [2.45, 2.75) is 39.3 Å². The summed E-state index contributed by atoms with van der Waals surface area (Å²) in [5.74, 6) is -0.618. The summed E-state index contributed by atoms with van der Waals surface area (Å²) in [4.78, 5) is 32.9. The number of likely N-dealkylation sites (tertiary alicyclic amines) is 1. The van der Waals surface area contributed by atoms with Crippen molar-refractivity contribution in [2.75, 3.05) is 7.11 Å². The number of carbonyl (C=O) groups excluding carboxylic acids is 2. The maximum atomic E-state index is 13.2. The lowest BCUT2D eigenvalue weighted by Gasteiger charge is -2.25. The van der Waals surface area contributed by atoms with Crippen LogP contribution in [0.5, 0.6) is 5.75 Å². The Balaban J connectivity index is 1.91. The van der Waals surface area contributed by atoms with E-state index >= 15 is 0 Å². The van der Waals surface area contributed by atoms with Gasteiger partial charge in [-0.25, -0.2) is 0 Å². The van der Waals surface area contributed by atoms with Gasteiger partial charge in [-0.3, -0.25) is 14.6 Å². The molecule has 1 aliphatic rings. The van der Waals surface area contributed by atoms with E-state index in [0.717, 1.165) is 27.3 Å². The van der Waals surface area contributed by atoms with Gasteiger partial charge in [0.25, 0.3) is 11.7 Å². The van der Waals surface area contributed by atoms with E-state index < -0.39 is 17.7 Å². The van der Waals surface area contributed by atoms with Gasteiger partial charge in [-0.2, -0.15) is 0 Å². The molecule has 1 atom stereocenters. The number of thiophene rings is 1. The quantitative estimate of drug-likeness (QED) is 0.309. The third-order valence-corrected chi connectivity index (χ3v) is 6.78. The Bertz CT molecular complexity index is 1220. The number of carbonyl (C=O) groups is 2. The first-order valence-electron chi connectivity index (χ1n) is 10.7. The second kappa shape index (κ2) is 9.19.